The number of rotatable bonds is 9. The average Bonchev–Trinajstić information content (AvgIpc) is 2.88. The molecule has 6 nitrogen and oxygen atoms in total. The molecule has 1 aliphatic carbocycles. The van der Waals surface area contributed by atoms with Gasteiger partial charge in [-0.25, -0.2) is 8.42 Å². The van der Waals surface area contributed by atoms with E-state index in [2.05, 4.69) is 17.4 Å². The number of hydrogen-bond donors (Lipinski definition) is 1. The molecule has 0 saturated heterocycles. The summed E-state index contributed by atoms with van der Waals surface area (Å²) in [6.07, 6.45) is 4.53. The molecule has 0 saturated carbocycles. The molecule has 1 unspecified atom stereocenters. The summed E-state index contributed by atoms with van der Waals surface area (Å²) in [5.41, 5.74) is 4.09. The fourth-order valence-electron chi connectivity index (χ4n) is 4.45. The fourth-order valence-corrected chi connectivity index (χ4v) is 5.99. The molecule has 0 aliphatic heterocycles. The number of carbonyl (C=O) groups excluding carboxylic acids is 1. The lowest BCUT2D eigenvalue weighted by atomic mass is 9.89. The highest BCUT2D eigenvalue weighted by atomic mass is 35.5. The molecule has 1 amide bonds. The summed E-state index contributed by atoms with van der Waals surface area (Å²) in [5.74, 6) is 0.224. The van der Waals surface area contributed by atoms with Crippen LogP contribution in [0, 0.1) is 0 Å². The Balaban J connectivity index is 1.57. The minimum absolute atomic E-state index is 0.0521. The molecule has 1 atom stereocenters. The van der Waals surface area contributed by atoms with Crippen LogP contribution in [0.3, 0.4) is 0 Å². The van der Waals surface area contributed by atoms with Crippen molar-refractivity contribution in [2.45, 2.75) is 50.5 Å². The molecule has 0 spiro atoms. The fraction of sp³-hybridized carbons (Fsp3) is 0.321. The third-order valence-corrected chi connectivity index (χ3v) is 8.41. The highest BCUT2D eigenvalue weighted by Crippen LogP contribution is 2.28. The smallest absolute Gasteiger partial charge is 0.264 e. The first-order valence-electron chi connectivity index (χ1n) is 12.2. The van der Waals surface area contributed by atoms with Gasteiger partial charge >= 0.3 is 0 Å². The van der Waals surface area contributed by atoms with E-state index in [4.69, 9.17) is 16.3 Å². The van der Waals surface area contributed by atoms with Gasteiger partial charge in [-0.1, -0.05) is 29.8 Å². The van der Waals surface area contributed by atoms with E-state index in [9.17, 15) is 13.2 Å². The molecule has 1 N–H and O–H groups in total. The number of fused-ring (bicyclic) bond motifs is 1. The van der Waals surface area contributed by atoms with Crippen LogP contribution in [0.1, 0.15) is 49.4 Å². The molecule has 0 fully saturated rings. The molecule has 3 aromatic rings. The van der Waals surface area contributed by atoms with E-state index in [1.165, 1.54) is 48.2 Å². The Morgan fingerprint density at radius 3 is 2.33 bits per heavy atom. The maximum atomic E-state index is 13.6. The normalized spacial score (nSPS) is 14.0. The van der Waals surface area contributed by atoms with Crippen molar-refractivity contribution >= 4 is 33.2 Å². The maximum Gasteiger partial charge on any atom is 0.264 e. The van der Waals surface area contributed by atoms with Crippen LogP contribution in [0.5, 0.6) is 5.75 Å². The van der Waals surface area contributed by atoms with Crippen molar-refractivity contribution in [3.63, 3.8) is 0 Å². The number of ether oxygens (including phenoxy) is 1. The molecular formula is C28H31ClN2O4S. The predicted molar refractivity (Wildman–Crippen MR) is 143 cm³/mol. The molecule has 0 radical (unpaired) electrons. The van der Waals surface area contributed by atoms with Crippen molar-refractivity contribution in [2.75, 3.05) is 17.5 Å². The van der Waals surface area contributed by atoms with Crippen LogP contribution in [0.25, 0.3) is 0 Å². The van der Waals surface area contributed by atoms with Gasteiger partial charge in [-0.05, 0) is 105 Å². The van der Waals surface area contributed by atoms with Crippen molar-refractivity contribution in [2.24, 2.45) is 0 Å². The predicted octanol–water partition coefficient (Wildman–Crippen LogP) is 5.69. The van der Waals surface area contributed by atoms with Gasteiger partial charge in [0.05, 0.1) is 23.2 Å². The number of carbonyl (C=O) groups is 1. The lowest BCUT2D eigenvalue weighted by Crippen LogP contribution is -2.41. The zero-order valence-corrected chi connectivity index (χ0v) is 22.1. The first-order valence-corrected chi connectivity index (χ1v) is 14.0. The number of hydrogen-bond acceptors (Lipinski definition) is 4. The van der Waals surface area contributed by atoms with Gasteiger partial charge in [-0.3, -0.25) is 9.10 Å². The van der Waals surface area contributed by atoms with Gasteiger partial charge in [0.2, 0.25) is 5.91 Å². The number of amides is 1. The Labute approximate surface area is 218 Å². The topological polar surface area (TPSA) is 75.7 Å². The van der Waals surface area contributed by atoms with Gasteiger partial charge in [-0.2, -0.15) is 0 Å². The van der Waals surface area contributed by atoms with E-state index in [0.29, 0.717) is 23.1 Å². The zero-order valence-electron chi connectivity index (χ0n) is 20.5. The number of nitrogens with zero attached hydrogens (tertiary/aromatic N) is 1. The number of anilines is 1. The van der Waals surface area contributed by atoms with Gasteiger partial charge in [0, 0.05) is 5.02 Å². The first kappa shape index (κ1) is 26.0. The van der Waals surface area contributed by atoms with Crippen molar-refractivity contribution in [3.8, 4) is 5.75 Å². The Morgan fingerprint density at radius 1 is 1.00 bits per heavy atom. The molecule has 0 heterocycles. The van der Waals surface area contributed by atoms with E-state index < -0.39 is 15.9 Å². The third-order valence-electron chi connectivity index (χ3n) is 6.37. The second-order valence-electron chi connectivity index (χ2n) is 8.92. The molecule has 36 heavy (non-hydrogen) atoms. The summed E-state index contributed by atoms with van der Waals surface area (Å²) in [6.45, 7) is 3.92. The van der Waals surface area contributed by atoms with Crippen LogP contribution < -0.4 is 14.4 Å². The molecular weight excluding hydrogens is 496 g/mol. The lowest BCUT2D eigenvalue weighted by Gasteiger charge is -2.26. The standard InChI is InChI=1S/C28H31ClN2O4S/c1-3-35-26-14-12-25(13-15-26)31(36(33,34)27-16-10-24(29)11-17-27)19-28(32)30-20(2)22-9-8-21-6-4-5-7-23(21)18-22/h8-18,20H,3-7,19H2,1-2H3,(H,30,32). The molecule has 1 aliphatic rings. The van der Waals surface area contributed by atoms with Gasteiger partial charge in [0.25, 0.3) is 10.0 Å². The summed E-state index contributed by atoms with van der Waals surface area (Å²) in [5, 5.41) is 3.41. The number of sulfonamides is 1. The molecule has 0 bridgehead atoms. The molecule has 0 aromatic heterocycles. The van der Waals surface area contributed by atoms with Crippen LogP contribution in [-0.4, -0.2) is 27.5 Å². The summed E-state index contributed by atoms with van der Waals surface area (Å²) in [6, 6.07) is 18.7. The number of aryl methyl sites for hydroxylation is 2. The quantitative estimate of drug-likeness (QED) is 0.388. The first-order chi connectivity index (χ1) is 17.3. The number of halogens is 1. The lowest BCUT2D eigenvalue weighted by molar-refractivity contribution is -0.120. The minimum Gasteiger partial charge on any atom is -0.494 e. The average molecular weight is 527 g/mol. The van der Waals surface area contributed by atoms with Crippen LogP contribution in [0.15, 0.2) is 71.6 Å². The summed E-state index contributed by atoms with van der Waals surface area (Å²) >= 11 is 5.96. The third kappa shape index (κ3) is 6.02. The number of benzene rings is 3. The van der Waals surface area contributed by atoms with E-state index in [1.54, 1.807) is 24.3 Å². The maximum absolute atomic E-state index is 13.6. The van der Waals surface area contributed by atoms with Crippen molar-refractivity contribution in [1.29, 1.82) is 0 Å². The largest absolute Gasteiger partial charge is 0.494 e. The second kappa shape index (κ2) is 11.4. The van der Waals surface area contributed by atoms with Crippen LogP contribution >= 0.6 is 11.6 Å². The van der Waals surface area contributed by atoms with Crippen LogP contribution in [0.2, 0.25) is 5.02 Å². The molecule has 8 heteroatoms. The van der Waals surface area contributed by atoms with E-state index in [0.717, 1.165) is 22.7 Å². The van der Waals surface area contributed by atoms with Gasteiger partial charge in [0.1, 0.15) is 12.3 Å². The number of nitrogens with one attached hydrogen (secondary N) is 1. The molecule has 3 aromatic carbocycles. The zero-order chi connectivity index (χ0) is 25.7. The Kier molecular flexibility index (Phi) is 8.21. The molecule has 4 rings (SSSR count). The van der Waals surface area contributed by atoms with Crippen molar-refractivity contribution < 1.29 is 17.9 Å². The second-order valence-corrected chi connectivity index (χ2v) is 11.2. The van der Waals surface area contributed by atoms with Gasteiger partial charge in [-0.15, -0.1) is 0 Å². The molecule has 190 valence electrons. The Morgan fingerprint density at radius 2 is 1.67 bits per heavy atom. The van der Waals surface area contributed by atoms with E-state index in [1.807, 2.05) is 19.9 Å². The minimum atomic E-state index is -4.03. The van der Waals surface area contributed by atoms with E-state index >= 15 is 0 Å². The van der Waals surface area contributed by atoms with Crippen LogP contribution in [-0.2, 0) is 27.7 Å². The highest BCUT2D eigenvalue weighted by molar-refractivity contribution is 7.92. The Bertz CT molecular complexity index is 1310. The highest BCUT2D eigenvalue weighted by Gasteiger charge is 2.28. The summed E-state index contributed by atoms with van der Waals surface area (Å²) in [4.78, 5) is 13.2. The van der Waals surface area contributed by atoms with E-state index in [-0.39, 0.29) is 17.5 Å². The summed E-state index contributed by atoms with van der Waals surface area (Å²) < 4.78 is 33.8. The van der Waals surface area contributed by atoms with Gasteiger partial charge < -0.3 is 10.1 Å². The SMILES string of the molecule is CCOc1ccc(N(CC(=O)NC(C)c2ccc3c(c2)CCCC3)S(=O)(=O)c2ccc(Cl)cc2)cc1. The van der Waals surface area contributed by atoms with Crippen LogP contribution in [0.4, 0.5) is 5.69 Å². The van der Waals surface area contributed by atoms with Crippen molar-refractivity contribution in [1.82, 2.24) is 5.32 Å². The summed E-state index contributed by atoms with van der Waals surface area (Å²) in [7, 11) is -4.03. The monoisotopic (exact) mass is 526 g/mol. The Hall–Kier alpha value is -3.03. The van der Waals surface area contributed by atoms with Gasteiger partial charge in [0.15, 0.2) is 0 Å². The van der Waals surface area contributed by atoms with Crippen molar-refractivity contribution in [3.05, 3.63) is 88.4 Å².